The van der Waals surface area contributed by atoms with E-state index in [0.29, 0.717) is 36.6 Å². The number of nitriles is 1. The average molecular weight is 407 g/mol. The molecule has 6 heteroatoms. The first-order valence-electron chi connectivity index (χ1n) is 10.8. The van der Waals surface area contributed by atoms with Gasteiger partial charge in [-0.2, -0.15) is 5.26 Å². The van der Waals surface area contributed by atoms with E-state index in [4.69, 9.17) is 5.26 Å². The second-order valence-corrected chi connectivity index (χ2v) is 9.03. The van der Waals surface area contributed by atoms with Gasteiger partial charge in [-0.3, -0.25) is 9.69 Å². The molecule has 1 saturated carbocycles. The lowest BCUT2D eigenvalue weighted by molar-refractivity contribution is 0.0873. The van der Waals surface area contributed by atoms with Crippen LogP contribution in [0, 0.1) is 18.3 Å². The molecule has 30 heavy (non-hydrogen) atoms. The zero-order valence-corrected chi connectivity index (χ0v) is 17.1. The molecule has 3 atom stereocenters. The van der Waals surface area contributed by atoms with Crippen LogP contribution in [0.2, 0.25) is 0 Å². The number of rotatable bonds is 5. The summed E-state index contributed by atoms with van der Waals surface area (Å²) in [6.07, 6.45) is 2.62. The maximum atomic E-state index is 13.6. The molecule has 5 nitrogen and oxygen atoms in total. The molecular formula is C24H26FN3O2. The van der Waals surface area contributed by atoms with Crippen molar-refractivity contribution in [1.29, 1.82) is 5.26 Å². The van der Waals surface area contributed by atoms with E-state index >= 15 is 0 Å². The molecule has 5 rings (SSSR count). The van der Waals surface area contributed by atoms with E-state index < -0.39 is 6.17 Å². The summed E-state index contributed by atoms with van der Waals surface area (Å²) in [5.41, 5.74) is 3.97. The number of carbonyl (C=O) groups is 1. The van der Waals surface area contributed by atoms with Crippen molar-refractivity contribution in [3.63, 3.8) is 0 Å². The Morgan fingerprint density at radius 1 is 1.23 bits per heavy atom. The number of ketones is 1. The van der Waals surface area contributed by atoms with Gasteiger partial charge < -0.3 is 9.67 Å². The van der Waals surface area contributed by atoms with Crippen molar-refractivity contribution >= 4 is 5.78 Å². The Morgan fingerprint density at radius 2 is 1.97 bits per heavy atom. The molecule has 2 unspecified atom stereocenters. The predicted octanol–water partition coefficient (Wildman–Crippen LogP) is 3.65. The van der Waals surface area contributed by atoms with E-state index in [1.54, 1.807) is 12.1 Å². The molecule has 0 radical (unpaired) electrons. The van der Waals surface area contributed by atoms with Crippen LogP contribution in [0.15, 0.2) is 30.3 Å². The van der Waals surface area contributed by atoms with Gasteiger partial charge in [0.2, 0.25) is 0 Å². The second-order valence-electron chi connectivity index (χ2n) is 9.03. The zero-order chi connectivity index (χ0) is 21.0. The molecule has 2 aromatic rings. The average Bonchev–Trinajstić information content (AvgIpc) is 3.35. The molecule has 2 saturated heterocycles. The van der Waals surface area contributed by atoms with Gasteiger partial charge in [0.1, 0.15) is 6.17 Å². The number of alkyl halides is 1. The largest absolute Gasteiger partial charge is 0.391 e. The normalized spacial score (nSPS) is 30.3. The molecule has 3 heterocycles. The van der Waals surface area contributed by atoms with Crippen LogP contribution in [-0.4, -0.2) is 51.3 Å². The third-order valence-corrected chi connectivity index (χ3v) is 7.30. The molecule has 0 amide bonds. The smallest absolute Gasteiger partial charge is 0.178 e. The molecule has 3 aliphatic rings. The van der Waals surface area contributed by atoms with Gasteiger partial charge in [0, 0.05) is 40.6 Å². The van der Waals surface area contributed by atoms with Crippen LogP contribution in [0.3, 0.4) is 0 Å². The molecule has 1 aliphatic carbocycles. The van der Waals surface area contributed by atoms with E-state index in [1.165, 1.54) is 0 Å². The number of fused-ring (bicyclic) bond motifs is 2. The van der Waals surface area contributed by atoms with Crippen LogP contribution in [-0.2, 0) is 0 Å². The quantitative estimate of drug-likeness (QED) is 0.768. The first kappa shape index (κ1) is 19.5. The summed E-state index contributed by atoms with van der Waals surface area (Å²) < 4.78 is 15.7. The highest BCUT2D eigenvalue weighted by Crippen LogP contribution is 2.42. The van der Waals surface area contributed by atoms with Gasteiger partial charge in [-0.05, 0) is 69.4 Å². The van der Waals surface area contributed by atoms with Crippen LogP contribution >= 0.6 is 0 Å². The fourth-order valence-corrected chi connectivity index (χ4v) is 5.60. The van der Waals surface area contributed by atoms with Crippen LogP contribution in [0.1, 0.15) is 65.3 Å². The Kier molecular flexibility index (Phi) is 4.76. The van der Waals surface area contributed by atoms with Gasteiger partial charge >= 0.3 is 0 Å². The first-order chi connectivity index (χ1) is 14.5. The van der Waals surface area contributed by atoms with Crippen molar-refractivity contribution in [2.24, 2.45) is 0 Å². The number of carbonyl (C=O) groups excluding carboxylic acids is 1. The Balaban J connectivity index is 1.48. The minimum absolute atomic E-state index is 0.0586. The lowest BCUT2D eigenvalue weighted by atomic mass is 9.81. The highest BCUT2D eigenvalue weighted by Gasteiger charge is 2.46. The summed E-state index contributed by atoms with van der Waals surface area (Å²) in [6.45, 7) is 2.26. The number of aromatic nitrogens is 1. The maximum absolute atomic E-state index is 13.6. The summed E-state index contributed by atoms with van der Waals surface area (Å²) in [7, 11) is 0. The summed E-state index contributed by atoms with van der Waals surface area (Å²) in [5, 5.41) is 19.3. The van der Waals surface area contributed by atoms with Gasteiger partial charge in [-0.15, -0.1) is 0 Å². The summed E-state index contributed by atoms with van der Waals surface area (Å²) in [5.74, 6) is 0.156. The van der Waals surface area contributed by atoms with E-state index in [2.05, 4.69) is 15.5 Å². The molecule has 2 aliphatic heterocycles. The SMILES string of the molecule is Cc1c(C(=O)CN2C3CCC2[C@H](O)C3)cc(C2CC(F)C2)n1-c1ccc(C#N)cc1. The summed E-state index contributed by atoms with van der Waals surface area (Å²) in [4.78, 5) is 15.5. The van der Waals surface area contributed by atoms with Crippen molar-refractivity contribution in [3.05, 3.63) is 52.8 Å². The number of aliphatic hydroxyl groups is 1. The Hall–Kier alpha value is -2.49. The van der Waals surface area contributed by atoms with Crippen molar-refractivity contribution in [2.75, 3.05) is 6.54 Å². The monoisotopic (exact) mass is 407 g/mol. The van der Waals surface area contributed by atoms with Gasteiger partial charge in [-0.1, -0.05) is 0 Å². The number of aliphatic hydroxyl groups excluding tert-OH is 1. The Labute approximate surface area is 175 Å². The molecule has 1 aromatic carbocycles. The molecule has 3 fully saturated rings. The van der Waals surface area contributed by atoms with Crippen LogP contribution in [0.4, 0.5) is 4.39 Å². The van der Waals surface area contributed by atoms with Gasteiger partial charge in [-0.25, -0.2) is 4.39 Å². The number of halogens is 1. The van der Waals surface area contributed by atoms with E-state index in [0.717, 1.165) is 36.3 Å². The molecule has 1 aromatic heterocycles. The van der Waals surface area contributed by atoms with Crippen LogP contribution in [0.25, 0.3) is 5.69 Å². The molecule has 1 N–H and O–H groups in total. The Morgan fingerprint density at radius 3 is 2.53 bits per heavy atom. The molecular weight excluding hydrogens is 381 g/mol. The fourth-order valence-electron chi connectivity index (χ4n) is 5.60. The summed E-state index contributed by atoms with van der Waals surface area (Å²) >= 11 is 0. The molecule has 156 valence electrons. The fraction of sp³-hybridized carbons (Fsp3) is 0.500. The van der Waals surface area contributed by atoms with E-state index in [1.807, 2.05) is 25.1 Å². The van der Waals surface area contributed by atoms with E-state index in [9.17, 15) is 14.3 Å². The van der Waals surface area contributed by atoms with Crippen LogP contribution in [0.5, 0.6) is 0 Å². The lowest BCUT2D eigenvalue weighted by Gasteiger charge is -2.31. The molecule has 2 bridgehead atoms. The minimum Gasteiger partial charge on any atom is -0.391 e. The lowest BCUT2D eigenvalue weighted by Crippen LogP contribution is -2.36. The van der Waals surface area contributed by atoms with Gasteiger partial charge in [0.15, 0.2) is 5.78 Å². The molecule has 0 spiro atoms. The standard InChI is InChI=1S/C24H26FN3O2/c1-14-20(24(30)13-27-19-6-7-21(27)23(29)10-19)11-22(16-8-17(25)9-16)28(14)18-4-2-15(12-26)3-5-18/h2-5,11,16-17,19,21,23,29H,6-10,13H2,1H3/t16?,17?,19?,21?,23-/m1/s1. The van der Waals surface area contributed by atoms with Crippen molar-refractivity contribution in [3.8, 4) is 11.8 Å². The third kappa shape index (κ3) is 3.08. The van der Waals surface area contributed by atoms with Crippen molar-refractivity contribution in [2.45, 2.75) is 69.3 Å². The number of hydrogen-bond acceptors (Lipinski definition) is 4. The highest BCUT2D eigenvalue weighted by atomic mass is 19.1. The third-order valence-electron chi connectivity index (χ3n) is 7.30. The number of hydrogen-bond donors (Lipinski definition) is 1. The zero-order valence-electron chi connectivity index (χ0n) is 17.1. The van der Waals surface area contributed by atoms with Gasteiger partial charge in [0.25, 0.3) is 0 Å². The van der Waals surface area contributed by atoms with Gasteiger partial charge in [0.05, 0.1) is 24.3 Å². The highest BCUT2D eigenvalue weighted by molar-refractivity contribution is 5.99. The second kappa shape index (κ2) is 7.33. The minimum atomic E-state index is -0.777. The maximum Gasteiger partial charge on any atom is 0.178 e. The first-order valence-corrected chi connectivity index (χ1v) is 10.8. The number of nitrogens with zero attached hydrogens (tertiary/aromatic N) is 3. The Bertz CT molecular complexity index is 1020. The predicted molar refractivity (Wildman–Crippen MR) is 111 cm³/mol. The number of Topliss-reactive ketones (excluding diaryl/α,β-unsaturated/α-hetero) is 1. The van der Waals surface area contributed by atoms with Crippen LogP contribution < -0.4 is 0 Å². The van der Waals surface area contributed by atoms with Crippen molar-refractivity contribution < 1.29 is 14.3 Å². The summed E-state index contributed by atoms with van der Waals surface area (Å²) in [6, 6.07) is 11.8. The topological polar surface area (TPSA) is 69.3 Å². The van der Waals surface area contributed by atoms with E-state index in [-0.39, 0.29) is 23.8 Å². The van der Waals surface area contributed by atoms with Crippen molar-refractivity contribution in [1.82, 2.24) is 9.47 Å². The number of benzene rings is 1.